The first kappa shape index (κ1) is 14.5. The van der Waals surface area contributed by atoms with Gasteiger partial charge in [-0.3, -0.25) is 0 Å². The molecular formula is C23H14OS. The second-order valence-electron chi connectivity index (χ2n) is 6.12. The predicted molar refractivity (Wildman–Crippen MR) is 107 cm³/mol. The molecule has 25 heavy (non-hydrogen) atoms. The molecule has 0 amide bonds. The third-order valence-corrected chi connectivity index (χ3v) is 5.80. The molecule has 0 unspecified atom stereocenters. The first-order valence-corrected chi connectivity index (χ1v) is 9.02. The maximum atomic E-state index is 6.29. The average molecular weight is 338 g/mol. The van der Waals surface area contributed by atoms with Crippen LogP contribution < -0.4 is 0 Å². The van der Waals surface area contributed by atoms with Crippen molar-refractivity contribution < 1.29 is 4.42 Å². The standard InChI is InChI=1S/C23H14OS/c1-2-3-4-8-16-14-19-21(25-16)13-11-18-22-17-9-6-5-7-15(17)10-12-20(22)24-23(18)19/h1,3-13H,14H2/b4-3-,16-8+. The van der Waals surface area contributed by atoms with Gasteiger partial charge in [0.05, 0.1) is 0 Å². The molecular weight excluding hydrogens is 324 g/mol. The summed E-state index contributed by atoms with van der Waals surface area (Å²) in [6.07, 6.45) is 11.9. The lowest BCUT2D eigenvalue weighted by Gasteiger charge is -1.99. The summed E-state index contributed by atoms with van der Waals surface area (Å²) in [7, 11) is 0. The van der Waals surface area contributed by atoms with Gasteiger partial charge in [-0.15, -0.1) is 6.42 Å². The van der Waals surface area contributed by atoms with E-state index in [1.165, 1.54) is 36.9 Å². The van der Waals surface area contributed by atoms with Crippen LogP contribution in [0, 0.1) is 12.3 Å². The number of furan rings is 1. The highest BCUT2D eigenvalue weighted by Crippen LogP contribution is 2.46. The number of hydrogen-bond donors (Lipinski definition) is 0. The SMILES string of the molecule is C#C/C=C\C=C1/Cc2c(ccc3c2oc2ccc4ccccc4c23)S1. The highest BCUT2D eigenvalue weighted by atomic mass is 32.2. The Kier molecular flexibility index (Phi) is 3.23. The number of allylic oxidation sites excluding steroid dienone is 4. The quantitative estimate of drug-likeness (QED) is 0.369. The fourth-order valence-corrected chi connectivity index (χ4v) is 4.64. The Hall–Kier alpha value is -2.89. The largest absolute Gasteiger partial charge is 0.456 e. The van der Waals surface area contributed by atoms with E-state index in [4.69, 9.17) is 10.8 Å². The van der Waals surface area contributed by atoms with Gasteiger partial charge in [0.1, 0.15) is 11.2 Å². The molecule has 1 nitrogen and oxygen atoms in total. The summed E-state index contributed by atoms with van der Waals surface area (Å²) in [5, 5.41) is 4.90. The van der Waals surface area contributed by atoms with E-state index in [1.807, 2.05) is 6.08 Å². The molecule has 1 aromatic heterocycles. The summed E-state index contributed by atoms with van der Waals surface area (Å²) >= 11 is 1.80. The van der Waals surface area contributed by atoms with E-state index in [0.717, 1.165) is 17.6 Å². The van der Waals surface area contributed by atoms with Crippen LogP contribution in [0.3, 0.4) is 0 Å². The van der Waals surface area contributed by atoms with Gasteiger partial charge < -0.3 is 4.42 Å². The van der Waals surface area contributed by atoms with Crippen molar-refractivity contribution in [3.63, 3.8) is 0 Å². The van der Waals surface area contributed by atoms with Crippen LogP contribution in [0.5, 0.6) is 0 Å². The van der Waals surface area contributed by atoms with E-state index in [-0.39, 0.29) is 0 Å². The molecule has 1 aliphatic rings. The van der Waals surface area contributed by atoms with E-state index in [9.17, 15) is 0 Å². The molecule has 0 N–H and O–H groups in total. The minimum Gasteiger partial charge on any atom is -0.456 e. The zero-order valence-electron chi connectivity index (χ0n) is 13.5. The normalized spacial score (nSPS) is 15.6. The van der Waals surface area contributed by atoms with Crippen molar-refractivity contribution in [1.29, 1.82) is 0 Å². The minimum atomic E-state index is 0.893. The third-order valence-electron chi connectivity index (χ3n) is 4.66. The lowest BCUT2D eigenvalue weighted by Crippen LogP contribution is -1.81. The van der Waals surface area contributed by atoms with Crippen LogP contribution in [0.2, 0.25) is 0 Å². The van der Waals surface area contributed by atoms with Crippen molar-refractivity contribution in [2.24, 2.45) is 0 Å². The molecule has 0 saturated carbocycles. The van der Waals surface area contributed by atoms with Crippen molar-refractivity contribution in [3.05, 3.63) is 77.2 Å². The van der Waals surface area contributed by atoms with E-state index in [0.29, 0.717) is 0 Å². The van der Waals surface area contributed by atoms with Crippen LogP contribution in [0.15, 0.2) is 81.0 Å². The van der Waals surface area contributed by atoms with Gasteiger partial charge in [-0.1, -0.05) is 60.2 Å². The first-order valence-electron chi connectivity index (χ1n) is 8.21. The smallest absolute Gasteiger partial charge is 0.140 e. The summed E-state index contributed by atoms with van der Waals surface area (Å²) in [5.74, 6) is 2.52. The highest BCUT2D eigenvalue weighted by molar-refractivity contribution is 8.03. The number of benzene rings is 3. The second kappa shape index (κ2) is 5.58. The summed E-state index contributed by atoms with van der Waals surface area (Å²) in [5.41, 5.74) is 3.25. The van der Waals surface area contributed by atoms with Gasteiger partial charge in [0, 0.05) is 27.7 Å². The number of fused-ring (bicyclic) bond motifs is 7. The Labute approximate surface area is 150 Å². The number of hydrogen-bond acceptors (Lipinski definition) is 2. The Morgan fingerprint density at radius 2 is 1.96 bits per heavy atom. The molecule has 4 aromatic rings. The van der Waals surface area contributed by atoms with Gasteiger partial charge in [0.2, 0.25) is 0 Å². The van der Waals surface area contributed by atoms with E-state index >= 15 is 0 Å². The Morgan fingerprint density at radius 3 is 2.88 bits per heavy atom. The third kappa shape index (κ3) is 2.21. The molecule has 2 heteroatoms. The van der Waals surface area contributed by atoms with Crippen LogP contribution in [0.1, 0.15) is 5.56 Å². The van der Waals surface area contributed by atoms with Gasteiger partial charge in [-0.05, 0) is 40.0 Å². The number of rotatable bonds is 1. The molecule has 0 spiro atoms. The van der Waals surface area contributed by atoms with Crippen LogP contribution in [0.4, 0.5) is 0 Å². The number of terminal acetylenes is 1. The van der Waals surface area contributed by atoms with Gasteiger partial charge in [-0.25, -0.2) is 0 Å². The molecule has 1 aliphatic heterocycles. The summed E-state index contributed by atoms with van der Waals surface area (Å²) in [6.45, 7) is 0. The van der Waals surface area contributed by atoms with Gasteiger partial charge in [0.15, 0.2) is 0 Å². The molecule has 2 heterocycles. The molecule has 0 aliphatic carbocycles. The topological polar surface area (TPSA) is 13.1 Å². The molecule has 0 bridgehead atoms. The van der Waals surface area contributed by atoms with Crippen LogP contribution >= 0.6 is 11.8 Å². The van der Waals surface area contributed by atoms with Crippen molar-refractivity contribution in [1.82, 2.24) is 0 Å². The average Bonchev–Trinajstić information content (AvgIpc) is 3.22. The Morgan fingerprint density at radius 1 is 1.04 bits per heavy atom. The molecule has 118 valence electrons. The van der Waals surface area contributed by atoms with Crippen LogP contribution in [-0.4, -0.2) is 0 Å². The maximum Gasteiger partial charge on any atom is 0.140 e. The highest BCUT2D eigenvalue weighted by Gasteiger charge is 2.22. The fraction of sp³-hybridized carbons (Fsp3) is 0.0435. The van der Waals surface area contributed by atoms with Crippen molar-refractivity contribution in [2.45, 2.75) is 11.3 Å². The summed E-state index contributed by atoms with van der Waals surface area (Å²) < 4.78 is 6.29. The lowest BCUT2D eigenvalue weighted by molar-refractivity contribution is 0.663. The summed E-state index contributed by atoms with van der Waals surface area (Å²) in [6, 6.07) is 17.1. The first-order chi connectivity index (χ1) is 12.3. The Bertz CT molecular complexity index is 1250. The van der Waals surface area contributed by atoms with Gasteiger partial charge >= 0.3 is 0 Å². The zero-order valence-corrected chi connectivity index (χ0v) is 14.3. The monoisotopic (exact) mass is 338 g/mol. The minimum absolute atomic E-state index is 0.893. The maximum absolute atomic E-state index is 6.29. The zero-order chi connectivity index (χ0) is 16.8. The molecule has 0 fully saturated rings. The Balaban J connectivity index is 1.76. The molecule has 3 aromatic carbocycles. The number of thioether (sulfide) groups is 1. The molecule has 5 rings (SSSR count). The summed E-state index contributed by atoms with van der Waals surface area (Å²) in [4.78, 5) is 2.57. The van der Waals surface area contributed by atoms with Crippen molar-refractivity contribution >= 4 is 44.5 Å². The van der Waals surface area contributed by atoms with E-state index in [1.54, 1.807) is 17.8 Å². The second-order valence-corrected chi connectivity index (χ2v) is 7.29. The van der Waals surface area contributed by atoms with Crippen molar-refractivity contribution in [3.8, 4) is 12.3 Å². The lowest BCUT2D eigenvalue weighted by atomic mass is 10.0. The molecule has 0 radical (unpaired) electrons. The van der Waals surface area contributed by atoms with Crippen molar-refractivity contribution in [2.75, 3.05) is 0 Å². The van der Waals surface area contributed by atoms with Gasteiger partial charge in [0.25, 0.3) is 0 Å². The van der Waals surface area contributed by atoms with E-state index < -0.39 is 0 Å². The molecule has 0 saturated heterocycles. The van der Waals surface area contributed by atoms with E-state index in [2.05, 4.69) is 60.5 Å². The predicted octanol–water partition coefficient (Wildman–Crippen LogP) is 6.46. The van der Waals surface area contributed by atoms with Gasteiger partial charge in [-0.2, -0.15) is 0 Å². The van der Waals surface area contributed by atoms with Crippen LogP contribution in [-0.2, 0) is 6.42 Å². The molecule has 0 atom stereocenters. The van der Waals surface area contributed by atoms with Crippen LogP contribution in [0.25, 0.3) is 32.7 Å². The fourth-order valence-electron chi connectivity index (χ4n) is 3.57.